The molecule has 0 unspecified atom stereocenters. The lowest BCUT2D eigenvalue weighted by Gasteiger charge is -2.07. The first-order valence-electron chi connectivity index (χ1n) is 8.10. The molecule has 0 aliphatic rings. The molecule has 3 nitrogen and oxygen atoms in total. The van der Waals surface area contributed by atoms with Crippen molar-refractivity contribution in [1.29, 1.82) is 0 Å². The molecule has 0 aliphatic heterocycles. The van der Waals surface area contributed by atoms with Crippen molar-refractivity contribution in [3.63, 3.8) is 0 Å². The van der Waals surface area contributed by atoms with Crippen LogP contribution in [0.15, 0.2) is 82.2 Å². The number of amides is 1. The third kappa shape index (κ3) is 5.52. The summed E-state index contributed by atoms with van der Waals surface area (Å²) in [4.78, 5) is 25.3. The van der Waals surface area contributed by atoms with Crippen molar-refractivity contribution in [1.82, 2.24) is 0 Å². The molecule has 0 aromatic heterocycles. The molecule has 1 amide bonds. The van der Waals surface area contributed by atoms with E-state index in [1.807, 2.05) is 24.3 Å². The van der Waals surface area contributed by atoms with Gasteiger partial charge in [-0.15, -0.1) is 11.8 Å². The van der Waals surface area contributed by atoms with E-state index in [1.54, 1.807) is 24.3 Å². The van der Waals surface area contributed by atoms with Crippen LogP contribution in [0.1, 0.15) is 20.7 Å². The Morgan fingerprint density at radius 3 is 2.07 bits per heavy atom. The molecule has 0 spiro atoms. The fourth-order valence-corrected chi connectivity index (χ4v) is 3.36. The monoisotopic (exact) mass is 443 g/mol. The van der Waals surface area contributed by atoms with Gasteiger partial charge in [0.1, 0.15) is 5.82 Å². The third-order valence-corrected chi connectivity index (χ3v) is 5.30. The van der Waals surface area contributed by atoms with E-state index in [1.165, 1.54) is 36.0 Å². The van der Waals surface area contributed by atoms with E-state index in [0.29, 0.717) is 22.6 Å². The van der Waals surface area contributed by atoms with Gasteiger partial charge in [-0.25, -0.2) is 4.39 Å². The zero-order valence-electron chi connectivity index (χ0n) is 14.1. The van der Waals surface area contributed by atoms with Gasteiger partial charge in [0, 0.05) is 26.2 Å². The summed E-state index contributed by atoms with van der Waals surface area (Å²) in [6.45, 7) is 0. The van der Waals surface area contributed by atoms with E-state index < -0.39 is 0 Å². The average Bonchev–Trinajstić information content (AvgIpc) is 2.68. The lowest BCUT2D eigenvalue weighted by molar-refractivity contribution is 0.101. The van der Waals surface area contributed by atoms with Crippen molar-refractivity contribution >= 4 is 45.1 Å². The minimum absolute atomic E-state index is 0.0567. The SMILES string of the molecule is O=C(CSc1ccc(NC(=O)c2ccc(F)cc2)cc1)c1ccc(Br)cc1. The zero-order valence-corrected chi connectivity index (χ0v) is 16.5. The first-order valence-corrected chi connectivity index (χ1v) is 9.88. The quantitative estimate of drug-likeness (QED) is 0.385. The molecule has 3 rings (SSSR count). The van der Waals surface area contributed by atoms with Crippen LogP contribution in [0.4, 0.5) is 10.1 Å². The summed E-state index contributed by atoms with van der Waals surface area (Å²) in [7, 11) is 0. The Labute approximate surface area is 169 Å². The number of carbonyl (C=O) groups excluding carboxylic acids is 2. The van der Waals surface area contributed by atoms with E-state index in [4.69, 9.17) is 0 Å². The first-order chi connectivity index (χ1) is 13.0. The van der Waals surface area contributed by atoms with Gasteiger partial charge in [-0.05, 0) is 60.7 Å². The molecule has 6 heteroatoms. The summed E-state index contributed by atoms with van der Waals surface area (Å²) >= 11 is 4.79. The highest BCUT2D eigenvalue weighted by molar-refractivity contribution is 9.10. The lowest BCUT2D eigenvalue weighted by atomic mass is 10.2. The highest BCUT2D eigenvalue weighted by Gasteiger charge is 2.08. The summed E-state index contributed by atoms with van der Waals surface area (Å²) in [6, 6.07) is 19.9. The molecule has 27 heavy (non-hydrogen) atoms. The Kier molecular flexibility index (Phi) is 6.42. The number of rotatable bonds is 6. The van der Waals surface area contributed by atoms with E-state index in [9.17, 15) is 14.0 Å². The van der Waals surface area contributed by atoms with Crippen LogP contribution in [0, 0.1) is 5.82 Å². The molecule has 3 aromatic rings. The minimum atomic E-state index is -0.384. The summed E-state index contributed by atoms with van der Waals surface area (Å²) in [6.07, 6.45) is 0. The van der Waals surface area contributed by atoms with Crippen molar-refractivity contribution in [2.24, 2.45) is 0 Å². The maximum absolute atomic E-state index is 12.9. The second kappa shape index (κ2) is 8.97. The van der Waals surface area contributed by atoms with E-state index in [0.717, 1.165) is 9.37 Å². The largest absolute Gasteiger partial charge is 0.322 e. The molecule has 0 atom stereocenters. The maximum Gasteiger partial charge on any atom is 0.255 e. The Hall–Kier alpha value is -2.44. The normalized spacial score (nSPS) is 10.4. The van der Waals surface area contributed by atoms with E-state index in [-0.39, 0.29) is 17.5 Å². The summed E-state index contributed by atoms with van der Waals surface area (Å²) in [5.74, 6) is -0.296. The summed E-state index contributed by atoms with van der Waals surface area (Å²) in [5, 5.41) is 2.76. The Bertz CT molecular complexity index is 941. The topological polar surface area (TPSA) is 46.2 Å². The Morgan fingerprint density at radius 2 is 1.44 bits per heavy atom. The van der Waals surface area contributed by atoms with Crippen LogP contribution in [-0.2, 0) is 0 Å². The molecule has 0 heterocycles. The van der Waals surface area contributed by atoms with Gasteiger partial charge >= 0.3 is 0 Å². The molecule has 0 aliphatic carbocycles. The highest BCUT2D eigenvalue weighted by Crippen LogP contribution is 2.22. The average molecular weight is 444 g/mol. The van der Waals surface area contributed by atoms with Crippen molar-refractivity contribution in [3.8, 4) is 0 Å². The summed E-state index contributed by atoms with van der Waals surface area (Å²) < 4.78 is 13.9. The maximum atomic E-state index is 12.9. The first kappa shape index (κ1) is 19.3. The molecule has 136 valence electrons. The van der Waals surface area contributed by atoms with Crippen molar-refractivity contribution in [2.45, 2.75) is 4.90 Å². The van der Waals surface area contributed by atoms with Crippen LogP contribution >= 0.6 is 27.7 Å². The number of nitrogens with one attached hydrogen (secondary N) is 1. The number of anilines is 1. The standard InChI is InChI=1S/C21H15BrFNO2S/c22-16-5-1-14(2-6-16)20(25)13-27-19-11-9-18(10-12-19)24-21(26)15-3-7-17(23)8-4-15/h1-12H,13H2,(H,24,26). The van der Waals surface area contributed by atoms with E-state index >= 15 is 0 Å². The number of ketones is 1. The molecular formula is C21H15BrFNO2S. The van der Waals surface area contributed by atoms with Gasteiger partial charge in [0.05, 0.1) is 5.75 Å². The van der Waals surface area contributed by atoms with Crippen molar-refractivity contribution < 1.29 is 14.0 Å². The van der Waals surface area contributed by atoms with Crippen molar-refractivity contribution in [2.75, 3.05) is 11.1 Å². The number of hydrogen-bond acceptors (Lipinski definition) is 3. The number of benzene rings is 3. The molecule has 1 N–H and O–H groups in total. The van der Waals surface area contributed by atoms with Gasteiger partial charge in [0.15, 0.2) is 5.78 Å². The molecule has 0 bridgehead atoms. The third-order valence-electron chi connectivity index (χ3n) is 3.75. The zero-order chi connectivity index (χ0) is 19.2. The van der Waals surface area contributed by atoms with Crippen LogP contribution in [-0.4, -0.2) is 17.4 Å². The van der Waals surface area contributed by atoms with Gasteiger partial charge in [-0.2, -0.15) is 0 Å². The number of Topliss-reactive ketones (excluding diaryl/α,β-unsaturated/α-hetero) is 1. The second-order valence-corrected chi connectivity index (χ2v) is 7.67. The van der Waals surface area contributed by atoms with Crippen molar-refractivity contribution in [3.05, 3.63) is 94.2 Å². The van der Waals surface area contributed by atoms with Gasteiger partial charge < -0.3 is 5.32 Å². The smallest absolute Gasteiger partial charge is 0.255 e. The molecule has 3 aromatic carbocycles. The number of thioether (sulfide) groups is 1. The lowest BCUT2D eigenvalue weighted by Crippen LogP contribution is -2.11. The molecular weight excluding hydrogens is 429 g/mol. The number of halogens is 2. The van der Waals surface area contributed by atoms with Gasteiger partial charge in [-0.1, -0.05) is 28.1 Å². The predicted molar refractivity (Wildman–Crippen MR) is 110 cm³/mol. The minimum Gasteiger partial charge on any atom is -0.322 e. The Morgan fingerprint density at radius 1 is 0.852 bits per heavy atom. The van der Waals surface area contributed by atoms with Crippen LogP contribution in [0.2, 0.25) is 0 Å². The predicted octanol–water partition coefficient (Wildman–Crippen LogP) is 5.82. The molecule has 0 saturated carbocycles. The second-order valence-electron chi connectivity index (χ2n) is 5.70. The number of hydrogen-bond donors (Lipinski definition) is 1. The van der Waals surface area contributed by atoms with Crippen LogP contribution < -0.4 is 5.32 Å². The number of carbonyl (C=O) groups is 2. The van der Waals surface area contributed by atoms with Gasteiger partial charge in [0.25, 0.3) is 5.91 Å². The Balaban J connectivity index is 1.55. The fraction of sp³-hybridized carbons (Fsp3) is 0.0476. The highest BCUT2D eigenvalue weighted by atomic mass is 79.9. The van der Waals surface area contributed by atoms with Gasteiger partial charge in [-0.3, -0.25) is 9.59 Å². The van der Waals surface area contributed by atoms with E-state index in [2.05, 4.69) is 21.2 Å². The molecule has 0 saturated heterocycles. The van der Waals surface area contributed by atoms with Crippen LogP contribution in [0.25, 0.3) is 0 Å². The molecule has 0 radical (unpaired) electrons. The van der Waals surface area contributed by atoms with Gasteiger partial charge in [0.2, 0.25) is 0 Å². The van der Waals surface area contributed by atoms with Crippen LogP contribution in [0.5, 0.6) is 0 Å². The summed E-state index contributed by atoms with van der Waals surface area (Å²) in [5.41, 5.74) is 1.69. The van der Waals surface area contributed by atoms with Crippen LogP contribution in [0.3, 0.4) is 0 Å². The molecule has 0 fully saturated rings. The fourth-order valence-electron chi connectivity index (χ4n) is 2.31.